The van der Waals surface area contributed by atoms with E-state index in [9.17, 15) is 0 Å². The highest BCUT2D eigenvalue weighted by molar-refractivity contribution is 14.0. The number of halogens is 2. The summed E-state index contributed by atoms with van der Waals surface area (Å²) in [6.07, 6.45) is 2.08. The maximum Gasteiger partial charge on any atom is 0.137 e. The number of pyridine rings is 1. The van der Waals surface area contributed by atoms with E-state index in [2.05, 4.69) is 56.6 Å². The molecule has 0 aliphatic carbocycles. The molecule has 92 valence electrons. The minimum Gasteiger partial charge on any atom is -0.304 e. The number of fused-ring (bicyclic) bond motifs is 1. The molecule has 3 aromatic rings. The molecule has 0 aliphatic heterocycles. The number of hydrogen-bond donors (Lipinski definition) is 0. The molecule has 0 atom stereocenters. The Kier molecular flexibility index (Phi) is 4.07. The zero-order valence-electron chi connectivity index (χ0n) is 9.80. The van der Waals surface area contributed by atoms with Crippen molar-refractivity contribution in [3.8, 4) is 11.3 Å². The summed E-state index contributed by atoms with van der Waals surface area (Å²) in [5, 5.41) is 0. The first-order valence-corrected chi connectivity index (χ1v) is 6.24. The number of nitrogens with zero attached hydrogens (tertiary/aromatic N) is 2. The van der Waals surface area contributed by atoms with E-state index in [4.69, 9.17) is 0 Å². The van der Waals surface area contributed by atoms with Crippen LogP contribution in [0.1, 0.15) is 5.69 Å². The predicted octanol–water partition coefficient (Wildman–Crippen LogP) is 4.69. The van der Waals surface area contributed by atoms with Crippen molar-refractivity contribution in [3.63, 3.8) is 0 Å². The van der Waals surface area contributed by atoms with Crippen molar-refractivity contribution in [2.75, 3.05) is 0 Å². The van der Waals surface area contributed by atoms with Gasteiger partial charge in [0, 0.05) is 21.9 Å². The van der Waals surface area contributed by atoms with Crippen LogP contribution in [0.25, 0.3) is 16.9 Å². The SMILES string of the molecule is Cc1cccc2nc(-c3ccc(Br)cc3)cn12.I. The zero-order chi connectivity index (χ0) is 11.8. The second-order valence-electron chi connectivity index (χ2n) is 4.03. The van der Waals surface area contributed by atoms with Crippen LogP contribution in [0, 0.1) is 6.92 Å². The number of benzene rings is 1. The fourth-order valence-corrected chi connectivity index (χ4v) is 2.17. The third-order valence-electron chi connectivity index (χ3n) is 2.84. The first-order chi connectivity index (χ1) is 8.24. The number of imidazole rings is 1. The van der Waals surface area contributed by atoms with E-state index in [1.165, 1.54) is 5.69 Å². The standard InChI is InChI=1S/C14H11BrN2.HI/c1-10-3-2-4-14-16-13(9-17(10)14)11-5-7-12(15)8-6-11;/h2-9H,1H3;1H. The maximum absolute atomic E-state index is 4.62. The Hall–Kier alpha value is -0.880. The molecule has 0 saturated heterocycles. The van der Waals surface area contributed by atoms with Crippen molar-refractivity contribution < 1.29 is 0 Å². The lowest BCUT2D eigenvalue weighted by Crippen LogP contribution is -1.86. The summed E-state index contributed by atoms with van der Waals surface area (Å²) in [7, 11) is 0. The molecule has 2 aromatic heterocycles. The molecular weight excluding hydrogens is 403 g/mol. The molecule has 4 heteroatoms. The van der Waals surface area contributed by atoms with Gasteiger partial charge in [0.05, 0.1) is 5.69 Å². The Morgan fingerprint density at radius 2 is 1.78 bits per heavy atom. The van der Waals surface area contributed by atoms with Crippen molar-refractivity contribution in [2.24, 2.45) is 0 Å². The molecule has 0 unspecified atom stereocenters. The predicted molar refractivity (Wildman–Crippen MR) is 88.5 cm³/mol. The fourth-order valence-electron chi connectivity index (χ4n) is 1.91. The highest BCUT2D eigenvalue weighted by Crippen LogP contribution is 2.22. The molecule has 1 aromatic carbocycles. The zero-order valence-corrected chi connectivity index (χ0v) is 13.7. The van der Waals surface area contributed by atoms with E-state index >= 15 is 0 Å². The quantitative estimate of drug-likeness (QED) is 0.528. The summed E-state index contributed by atoms with van der Waals surface area (Å²) >= 11 is 3.44. The third kappa shape index (κ3) is 2.44. The van der Waals surface area contributed by atoms with Gasteiger partial charge in [-0.05, 0) is 31.2 Å². The second kappa shape index (κ2) is 5.40. The highest BCUT2D eigenvalue weighted by Gasteiger charge is 2.04. The van der Waals surface area contributed by atoms with Crippen LogP contribution in [0.2, 0.25) is 0 Å². The summed E-state index contributed by atoms with van der Waals surface area (Å²) in [6.45, 7) is 2.08. The van der Waals surface area contributed by atoms with E-state index in [1.807, 2.05) is 24.3 Å². The van der Waals surface area contributed by atoms with Gasteiger partial charge >= 0.3 is 0 Å². The fraction of sp³-hybridized carbons (Fsp3) is 0.0714. The largest absolute Gasteiger partial charge is 0.304 e. The van der Waals surface area contributed by atoms with E-state index in [0.717, 1.165) is 21.4 Å². The van der Waals surface area contributed by atoms with E-state index in [1.54, 1.807) is 0 Å². The van der Waals surface area contributed by atoms with Gasteiger partial charge in [-0.1, -0.05) is 34.1 Å². The van der Waals surface area contributed by atoms with Crippen LogP contribution >= 0.6 is 39.9 Å². The topological polar surface area (TPSA) is 17.3 Å². The van der Waals surface area contributed by atoms with E-state index in [0.29, 0.717) is 0 Å². The Labute approximate surface area is 131 Å². The third-order valence-corrected chi connectivity index (χ3v) is 3.36. The molecule has 0 fully saturated rings. The minimum atomic E-state index is 0. The normalized spacial score (nSPS) is 10.3. The van der Waals surface area contributed by atoms with Crippen LogP contribution < -0.4 is 0 Å². The van der Waals surface area contributed by atoms with Gasteiger partial charge in [0.2, 0.25) is 0 Å². The van der Waals surface area contributed by atoms with Crippen molar-refractivity contribution >= 4 is 45.6 Å². The smallest absolute Gasteiger partial charge is 0.137 e. The van der Waals surface area contributed by atoms with Gasteiger partial charge < -0.3 is 4.40 Å². The molecule has 0 bridgehead atoms. The lowest BCUT2D eigenvalue weighted by atomic mass is 10.2. The first kappa shape index (κ1) is 13.5. The van der Waals surface area contributed by atoms with Gasteiger partial charge in [0.25, 0.3) is 0 Å². The van der Waals surface area contributed by atoms with Gasteiger partial charge in [-0.15, -0.1) is 24.0 Å². The number of rotatable bonds is 1. The Morgan fingerprint density at radius 1 is 1.06 bits per heavy atom. The van der Waals surface area contributed by atoms with Crippen LogP contribution in [0.15, 0.2) is 53.1 Å². The Morgan fingerprint density at radius 3 is 2.44 bits per heavy atom. The van der Waals surface area contributed by atoms with Crippen LogP contribution in [0.3, 0.4) is 0 Å². The molecule has 2 nitrogen and oxygen atoms in total. The summed E-state index contributed by atoms with van der Waals surface area (Å²) < 4.78 is 3.19. The van der Waals surface area contributed by atoms with E-state index in [-0.39, 0.29) is 24.0 Å². The van der Waals surface area contributed by atoms with Crippen LogP contribution in [-0.4, -0.2) is 9.38 Å². The van der Waals surface area contributed by atoms with Gasteiger partial charge in [-0.25, -0.2) is 4.98 Å². The highest BCUT2D eigenvalue weighted by atomic mass is 127. The maximum atomic E-state index is 4.62. The average molecular weight is 415 g/mol. The van der Waals surface area contributed by atoms with Crippen molar-refractivity contribution in [1.29, 1.82) is 0 Å². The molecular formula is C14H12BrIN2. The van der Waals surface area contributed by atoms with Gasteiger partial charge in [-0.3, -0.25) is 0 Å². The van der Waals surface area contributed by atoms with Gasteiger partial charge in [0.1, 0.15) is 5.65 Å². The number of hydrogen-bond acceptors (Lipinski definition) is 1. The lowest BCUT2D eigenvalue weighted by molar-refractivity contribution is 1.09. The minimum absolute atomic E-state index is 0. The Balaban J connectivity index is 0.00000120. The first-order valence-electron chi connectivity index (χ1n) is 5.45. The molecule has 0 saturated carbocycles. The van der Waals surface area contributed by atoms with Crippen LogP contribution in [0.5, 0.6) is 0 Å². The Bertz CT molecular complexity index is 674. The summed E-state index contributed by atoms with van der Waals surface area (Å²) in [6, 6.07) is 14.3. The van der Waals surface area contributed by atoms with Gasteiger partial charge in [0.15, 0.2) is 0 Å². The number of aryl methyl sites for hydroxylation is 1. The lowest BCUT2D eigenvalue weighted by Gasteiger charge is -1.96. The molecule has 0 N–H and O–H groups in total. The van der Waals surface area contributed by atoms with Crippen LogP contribution in [0.4, 0.5) is 0 Å². The molecule has 0 amide bonds. The molecule has 0 aliphatic rings. The molecule has 18 heavy (non-hydrogen) atoms. The van der Waals surface area contributed by atoms with Crippen LogP contribution in [-0.2, 0) is 0 Å². The monoisotopic (exact) mass is 414 g/mol. The van der Waals surface area contributed by atoms with E-state index < -0.39 is 0 Å². The summed E-state index contributed by atoms with van der Waals surface area (Å²) in [4.78, 5) is 4.62. The summed E-state index contributed by atoms with van der Waals surface area (Å²) in [5.41, 5.74) is 4.32. The van der Waals surface area contributed by atoms with Crippen molar-refractivity contribution in [1.82, 2.24) is 9.38 Å². The van der Waals surface area contributed by atoms with Crippen molar-refractivity contribution in [3.05, 3.63) is 58.8 Å². The van der Waals surface area contributed by atoms with Crippen molar-refractivity contribution in [2.45, 2.75) is 6.92 Å². The summed E-state index contributed by atoms with van der Waals surface area (Å²) in [5.74, 6) is 0. The van der Waals surface area contributed by atoms with Gasteiger partial charge in [-0.2, -0.15) is 0 Å². The molecule has 3 rings (SSSR count). The molecule has 0 radical (unpaired) electrons. The second-order valence-corrected chi connectivity index (χ2v) is 4.94. The molecule has 0 spiro atoms. The molecule has 2 heterocycles. The number of aromatic nitrogens is 2. The average Bonchev–Trinajstić information content (AvgIpc) is 2.75.